The van der Waals surface area contributed by atoms with Gasteiger partial charge < -0.3 is 0 Å². The van der Waals surface area contributed by atoms with Crippen molar-refractivity contribution in [2.24, 2.45) is 52.3 Å². The van der Waals surface area contributed by atoms with E-state index in [0.29, 0.717) is 0 Å². The lowest BCUT2D eigenvalue weighted by Crippen LogP contribution is -2.55. The van der Waals surface area contributed by atoms with Gasteiger partial charge in [0.1, 0.15) is 0 Å². The molecule has 22 heavy (non-hydrogen) atoms. The molecule has 0 radical (unpaired) electrons. The van der Waals surface area contributed by atoms with Crippen LogP contribution in [0.5, 0.6) is 0 Å². The molecule has 0 aromatic carbocycles. The maximum Gasteiger partial charge on any atom is -0.0264 e. The molecule has 0 heterocycles. The lowest BCUT2D eigenvalue weighted by atomic mass is 9.40. The minimum Gasteiger partial charge on any atom is -0.0591 e. The Labute approximate surface area is 136 Å². The summed E-state index contributed by atoms with van der Waals surface area (Å²) in [5.41, 5.74) is 1.57. The Kier molecular flexibility index (Phi) is 2.51. The van der Waals surface area contributed by atoms with Gasteiger partial charge in [0.25, 0.3) is 0 Å². The third-order valence-corrected chi connectivity index (χ3v) is 9.92. The Hall–Kier alpha value is 0. The molecule has 122 valence electrons. The van der Waals surface area contributed by atoms with Crippen molar-refractivity contribution in [3.63, 3.8) is 0 Å². The van der Waals surface area contributed by atoms with Crippen molar-refractivity contribution in [2.45, 2.75) is 84.0 Å². The first kappa shape index (κ1) is 13.3. The second-order valence-electron chi connectivity index (χ2n) is 11.4. The summed E-state index contributed by atoms with van der Waals surface area (Å²) in [4.78, 5) is 0. The lowest BCUT2D eigenvalue weighted by Gasteiger charge is -2.65. The van der Waals surface area contributed by atoms with Crippen LogP contribution in [0.2, 0.25) is 0 Å². The quantitative estimate of drug-likeness (QED) is 0.581. The number of hydrogen-bond acceptors (Lipinski definition) is 0. The van der Waals surface area contributed by atoms with Crippen molar-refractivity contribution >= 4 is 0 Å². The first-order chi connectivity index (χ1) is 10.6. The van der Waals surface area contributed by atoms with E-state index in [4.69, 9.17) is 0 Å². The van der Waals surface area contributed by atoms with Crippen molar-refractivity contribution in [3.05, 3.63) is 0 Å². The van der Waals surface area contributed by atoms with E-state index >= 15 is 0 Å². The van der Waals surface area contributed by atoms with Crippen molar-refractivity contribution in [1.82, 2.24) is 0 Å². The van der Waals surface area contributed by atoms with Crippen LogP contribution >= 0.6 is 0 Å². The molecule has 0 aromatic rings. The fourth-order valence-electron chi connectivity index (χ4n) is 9.86. The van der Waals surface area contributed by atoms with Crippen LogP contribution in [-0.4, -0.2) is 0 Å². The minimum absolute atomic E-state index is 0.749. The van der Waals surface area contributed by atoms with Crippen LogP contribution in [0.3, 0.4) is 0 Å². The molecule has 8 aliphatic carbocycles. The Morgan fingerprint density at radius 2 is 1.00 bits per heavy atom. The van der Waals surface area contributed by atoms with E-state index in [1.807, 2.05) is 0 Å². The normalized spacial score (nSPS) is 64.5. The van der Waals surface area contributed by atoms with Crippen molar-refractivity contribution in [3.8, 4) is 0 Å². The van der Waals surface area contributed by atoms with E-state index in [9.17, 15) is 0 Å². The zero-order valence-corrected chi connectivity index (χ0v) is 14.5. The smallest absolute Gasteiger partial charge is 0.0264 e. The highest BCUT2D eigenvalue weighted by Gasteiger charge is 2.59. The largest absolute Gasteiger partial charge is 0.0591 e. The molecule has 0 aliphatic heterocycles. The van der Waals surface area contributed by atoms with E-state index in [1.54, 1.807) is 77.0 Å². The van der Waals surface area contributed by atoms with E-state index in [2.05, 4.69) is 6.92 Å². The van der Waals surface area contributed by atoms with E-state index in [-0.39, 0.29) is 0 Å². The van der Waals surface area contributed by atoms with Gasteiger partial charge in [0.15, 0.2) is 0 Å². The molecule has 8 saturated carbocycles. The number of hydrogen-bond donors (Lipinski definition) is 0. The lowest BCUT2D eigenvalue weighted by molar-refractivity contribution is -0.150. The predicted molar refractivity (Wildman–Crippen MR) is 90.4 cm³/mol. The summed E-state index contributed by atoms with van der Waals surface area (Å²) < 4.78 is 0. The molecule has 0 atom stereocenters. The average molecular weight is 299 g/mol. The molecule has 8 rings (SSSR count). The minimum atomic E-state index is 0.749. The SMILES string of the molecule is CC1(CC23CC4CC(CC(C4)C2)C3)C2CC3CC(C2)CC1C3. The number of rotatable bonds is 2. The summed E-state index contributed by atoms with van der Waals surface area (Å²) in [6.07, 6.45) is 19.5. The molecular formula is C22H34. The molecule has 0 saturated heterocycles. The molecule has 8 aliphatic rings. The van der Waals surface area contributed by atoms with Gasteiger partial charge in [-0.1, -0.05) is 6.92 Å². The van der Waals surface area contributed by atoms with Gasteiger partial charge in [0.2, 0.25) is 0 Å². The summed E-state index contributed by atoms with van der Waals surface area (Å²) in [5, 5.41) is 0. The molecule has 0 spiro atoms. The average Bonchev–Trinajstić information content (AvgIpc) is 2.42. The topological polar surface area (TPSA) is 0 Å². The van der Waals surface area contributed by atoms with Crippen LogP contribution in [0.25, 0.3) is 0 Å². The predicted octanol–water partition coefficient (Wildman–Crippen LogP) is 6.06. The van der Waals surface area contributed by atoms with Crippen LogP contribution < -0.4 is 0 Å². The second kappa shape index (κ2) is 4.15. The zero-order chi connectivity index (χ0) is 14.5. The van der Waals surface area contributed by atoms with Gasteiger partial charge in [-0.15, -0.1) is 0 Å². The van der Waals surface area contributed by atoms with Crippen molar-refractivity contribution in [1.29, 1.82) is 0 Å². The van der Waals surface area contributed by atoms with Crippen LogP contribution in [0.1, 0.15) is 84.0 Å². The molecule has 0 N–H and O–H groups in total. The van der Waals surface area contributed by atoms with Gasteiger partial charge in [-0.2, -0.15) is 0 Å². The highest BCUT2D eigenvalue weighted by Crippen LogP contribution is 2.69. The Morgan fingerprint density at radius 1 is 0.591 bits per heavy atom. The molecule has 0 amide bonds. The fraction of sp³-hybridized carbons (Fsp3) is 1.00. The van der Waals surface area contributed by atoms with Gasteiger partial charge in [-0.25, -0.2) is 0 Å². The van der Waals surface area contributed by atoms with E-state index in [0.717, 1.165) is 52.3 Å². The maximum absolute atomic E-state index is 2.78. The summed E-state index contributed by atoms with van der Waals surface area (Å²) in [6, 6.07) is 0. The third kappa shape index (κ3) is 1.71. The van der Waals surface area contributed by atoms with Crippen LogP contribution in [0.15, 0.2) is 0 Å². The van der Waals surface area contributed by atoms with Gasteiger partial charge in [0, 0.05) is 0 Å². The summed E-state index contributed by atoms with van der Waals surface area (Å²) in [5.74, 6) is 7.97. The molecule has 0 heteroatoms. The van der Waals surface area contributed by atoms with Gasteiger partial charge in [-0.3, -0.25) is 0 Å². The summed E-state index contributed by atoms with van der Waals surface area (Å²) in [6.45, 7) is 2.78. The van der Waals surface area contributed by atoms with E-state index in [1.165, 1.54) is 0 Å². The molecular weight excluding hydrogens is 264 g/mol. The maximum atomic E-state index is 2.78. The standard InChI is InChI=1S/C22H34/c1-21(19-6-14-2-15(8-19)9-20(21)7-14)13-22-10-16-3-17(11-22)5-18(4-16)12-22/h14-20H,2-13H2,1H3. The first-order valence-corrected chi connectivity index (χ1v) is 10.6. The second-order valence-corrected chi connectivity index (χ2v) is 11.4. The highest BCUT2D eigenvalue weighted by atomic mass is 14.6. The molecule has 0 unspecified atom stereocenters. The third-order valence-electron chi connectivity index (χ3n) is 9.92. The first-order valence-electron chi connectivity index (χ1n) is 10.6. The van der Waals surface area contributed by atoms with Crippen molar-refractivity contribution in [2.75, 3.05) is 0 Å². The monoisotopic (exact) mass is 298 g/mol. The molecule has 0 nitrogen and oxygen atoms in total. The molecule has 0 aromatic heterocycles. The molecule has 8 fully saturated rings. The van der Waals surface area contributed by atoms with Gasteiger partial charge >= 0.3 is 0 Å². The zero-order valence-electron chi connectivity index (χ0n) is 14.5. The Bertz CT molecular complexity index is 423. The van der Waals surface area contributed by atoms with Crippen LogP contribution in [0.4, 0.5) is 0 Å². The van der Waals surface area contributed by atoms with Gasteiger partial charge in [0.05, 0.1) is 0 Å². The Morgan fingerprint density at radius 3 is 1.45 bits per heavy atom. The highest BCUT2D eigenvalue weighted by molar-refractivity contribution is 5.09. The summed E-state index contributed by atoms with van der Waals surface area (Å²) >= 11 is 0. The fourth-order valence-corrected chi connectivity index (χ4v) is 9.86. The van der Waals surface area contributed by atoms with E-state index < -0.39 is 0 Å². The summed E-state index contributed by atoms with van der Waals surface area (Å²) in [7, 11) is 0. The van der Waals surface area contributed by atoms with Crippen molar-refractivity contribution < 1.29 is 0 Å². The van der Waals surface area contributed by atoms with Gasteiger partial charge in [-0.05, 0) is 129 Å². The molecule has 8 bridgehead atoms. The van der Waals surface area contributed by atoms with Crippen LogP contribution in [0, 0.1) is 52.3 Å². The van der Waals surface area contributed by atoms with Crippen LogP contribution in [-0.2, 0) is 0 Å². The Balaban J connectivity index is 1.31.